The molecule has 0 spiro atoms. The van der Waals surface area contributed by atoms with Crippen molar-refractivity contribution < 1.29 is 19.1 Å². The number of hydrogen-bond acceptors (Lipinski definition) is 4. The summed E-state index contributed by atoms with van der Waals surface area (Å²) in [4.78, 5) is 22.8. The number of fused-ring (bicyclic) bond motifs is 5. The summed E-state index contributed by atoms with van der Waals surface area (Å²) >= 11 is 0. The second-order valence-corrected chi connectivity index (χ2v) is 5.09. The average Bonchev–Trinajstić information content (AvgIpc) is 2.87. The van der Waals surface area contributed by atoms with Gasteiger partial charge in [0.15, 0.2) is 0 Å². The van der Waals surface area contributed by atoms with Crippen molar-refractivity contribution in [1.29, 1.82) is 0 Å². The van der Waals surface area contributed by atoms with Crippen molar-refractivity contribution in [1.82, 2.24) is 5.32 Å². The van der Waals surface area contributed by atoms with Gasteiger partial charge in [-0.1, -0.05) is 0 Å². The Bertz CT molecular complexity index is 356. The fraction of sp³-hybridized carbons (Fsp3) is 0.833. The van der Waals surface area contributed by atoms with E-state index in [9.17, 15) is 9.59 Å². The third-order valence-electron chi connectivity index (χ3n) is 3.96. The van der Waals surface area contributed by atoms with Gasteiger partial charge < -0.3 is 14.8 Å². The maximum Gasteiger partial charge on any atom is 0.315 e. The molecule has 1 saturated carbocycles. The summed E-state index contributed by atoms with van der Waals surface area (Å²) in [6.07, 6.45) is 2.50. The number of carbonyl (C=O) groups is 2. The first-order valence-corrected chi connectivity index (χ1v) is 6.29. The monoisotopic (exact) mass is 239 g/mol. The molecule has 1 N–H and O–H groups in total. The number of nitrogens with one attached hydrogen (secondary N) is 1. The van der Waals surface area contributed by atoms with Crippen LogP contribution in [-0.4, -0.2) is 36.7 Å². The van der Waals surface area contributed by atoms with Gasteiger partial charge in [-0.2, -0.15) is 0 Å². The number of amides is 1. The Balaban J connectivity index is 1.48. The standard InChI is InChI=1S/C12H17NO4/c1-2-16-11(15)5-10(14)13-8-4-9-6-3-7(6)12(8)17-9/h6-9,12H,2-5H2,1H3,(H,13,14). The van der Waals surface area contributed by atoms with Gasteiger partial charge in [0.25, 0.3) is 0 Å². The SMILES string of the molecule is CCOC(=O)CC(=O)NC1CC2OC1C1CC21. The number of hydrogen-bond donors (Lipinski definition) is 1. The molecule has 2 heterocycles. The van der Waals surface area contributed by atoms with E-state index in [-0.39, 0.29) is 24.5 Å². The van der Waals surface area contributed by atoms with Crippen LogP contribution in [0.3, 0.4) is 0 Å². The van der Waals surface area contributed by atoms with E-state index in [1.807, 2.05) is 0 Å². The van der Waals surface area contributed by atoms with E-state index >= 15 is 0 Å². The summed E-state index contributed by atoms with van der Waals surface area (Å²) in [6, 6.07) is 0.102. The van der Waals surface area contributed by atoms with Crippen LogP contribution in [0.2, 0.25) is 0 Å². The summed E-state index contributed by atoms with van der Waals surface area (Å²) in [6.45, 7) is 2.04. The molecule has 3 rings (SSSR count). The Morgan fingerprint density at radius 1 is 1.35 bits per heavy atom. The van der Waals surface area contributed by atoms with Crippen molar-refractivity contribution in [3.63, 3.8) is 0 Å². The second kappa shape index (κ2) is 3.98. The van der Waals surface area contributed by atoms with Crippen molar-refractivity contribution in [2.24, 2.45) is 11.8 Å². The van der Waals surface area contributed by atoms with Gasteiger partial charge in [-0.25, -0.2) is 0 Å². The lowest BCUT2D eigenvalue weighted by Crippen LogP contribution is -2.43. The van der Waals surface area contributed by atoms with Crippen molar-refractivity contribution in [2.75, 3.05) is 6.61 Å². The van der Waals surface area contributed by atoms with Crippen LogP contribution in [-0.2, 0) is 19.1 Å². The van der Waals surface area contributed by atoms with Crippen molar-refractivity contribution in [2.45, 2.75) is 44.4 Å². The number of esters is 1. The molecule has 5 unspecified atom stereocenters. The Morgan fingerprint density at radius 2 is 2.18 bits per heavy atom. The third kappa shape index (κ3) is 1.92. The zero-order chi connectivity index (χ0) is 12.0. The molecule has 94 valence electrons. The molecule has 0 aromatic rings. The Hall–Kier alpha value is -1.10. The largest absolute Gasteiger partial charge is 0.466 e. The van der Waals surface area contributed by atoms with Crippen LogP contribution < -0.4 is 5.32 Å². The molecule has 2 saturated heterocycles. The summed E-state index contributed by atoms with van der Waals surface area (Å²) in [7, 11) is 0. The van der Waals surface area contributed by atoms with Gasteiger partial charge in [0.05, 0.1) is 24.9 Å². The molecule has 5 atom stereocenters. The summed E-state index contributed by atoms with van der Waals surface area (Å²) < 4.78 is 10.5. The molecular weight excluding hydrogens is 222 g/mol. The highest BCUT2D eigenvalue weighted by atomic mass is 16.5. The van der Waals surface area contributed by atoms with Crippen molar-refractivity contribution in [3.8, 4) is 0 Å². The van der Waals surface area contributed by atoms with Gasteiger partial charge in [-0.05, 0) is 31.6 Å². The molecule has 0 aromatic heterocycles. The first-order valence-electron chi connectivity index (χ1n) is 6.29. The van der Waals surface area contributed by atoms with Crippen LogP contribution in [0, 0.1) is 11.8 Å². The number of carbonyl (C=O) groups excluding carboxylic acids is 2. The topological polar surface area (TPSA) is 64.6 Å². The van der Waals surface area contributed by atoms with Gasteiger partial charge in [0, 0.05) is 0 Å². The molecular formula is C12H17NO4. The average molecular weight is 239 g/mol. The first kappa shape index (κ1) is 11.0. The second-order valence-electron chi connectivity index (χ2n) is 5.09. The molecule has 5 nitrogen and oxygen atoms in total. The molecule has 3 fully saturated rings. The van der Waals surface area contributed by atoms with Gasteiger partial charge in [-0.3, -0.25) is 9.59 Å². The molecule has 2 bridgehead atoms. The smallest absolute Gasteiger partial charge is 0.315 e. The minimum Gasteiger partial charge on any atom is -0.466 e. The minimum atomic E-state index is -0.460. The summed E-state index contributed by atoms with van der Waals surface area (Å²) in [5, 5.41) is 2.89. The highest BCUT2D eigenvalue weighted by molar-refractivity contribution is 5.94. The van der Waals surface area contributed by atoms with Crippen LogP contribution in [0.1, 0.15) is 26.2 Å². The molecule has 1 amide bonds. The quantitative estimate of drug-likeness (QED) is 0.563. The van der Waals surface area contributed by atoms with Gasteiger partial charge in [0.2, 0.25) is 5.91 Å². The Kier molecular flexibility index (Phi) is 2.58. The van der Waals surface area contributed by atoms with Crippen LogP contribution in [0.15, 0.2) is 0 Å². The van der Waals surface area contributed by atoms with E-state index in [4.69, 9.17) is 9.47 Å². The fourth-order valence-corrected chi connectivity index (χ4v) is 3.19. The van der Waals surface area contributed by atoms with Crippen LogP contribution in [0.5, 0.6) is 0 Å². The maximum atomic E-state index is 11.6. The van der Waals surface area contributed by atoms with E-state index in [0.29, 0.717) is 18.6 Å². The summed E-state index contributed by atoms with van der Waals surface area (Å²) in [5.74, 6) is 0.694. The predicted octanol–water partition coefficient (Wildman–Crippen LogP) is 0.232. The van der Waals surface area contributed by atoms with Gasteiger partial charge in [-0.15, -0.1) is 0 Å². The van der Waals surface area contributed by atoms with E-state index in [1.165, 1.54) is 6.42 Å². The highest BCUT2D eigenvalue weighted by Crippen LogP contribution is 2.58. The zero-order valence-corrected chi connectivity index (χ0v) is 9.85. The lowest BCUT2D eigenvalue weighted by atomic mass is 9.95. The van der Waals surface area contributed by atoms with Crippen molar-refractivity contribution >= 4 is 11.9 Å². The summed E-state index contributed by atoms with van der Waals surface area (Å²) in [5.41, 5.74) is 0. The highest BCUT2D eigenvalue weighted by Gasteiger charge is 2.62. The molecule has 0 aromatic carbocycles. The molecule has 17 heavy (non-hydrogen) atoms. The lowest BCUT2D eigenvalue weighted by Gasteiger charge is -2.19. The van der Waals surface area contributed by atoms with Crippen LogP contribution >= 0.6 is 0 Å². The first-order chi connectivity index (χ1) is 8.19. The van der Waals surface area contributed by atoms with E-state index in [0.717, 1.165) is 12.3 Å². The molecule has 3 aliphatic rings. The molecule has 1 aliphatic carbocycles. The normalized spacial score (nSPS) is 40.9. The molecule has 0 radical (unpaired) electrons. The van der Waals surface area contributed by atoms with Crippen molar-refractivity contribution in [3.05, 3.63) is 0 Å². The van der Waals surface area contributed by atoms with E-state index in [2.05, 4.69) is 5.32 Å². The van der Waals surface area contributed by atoms with E-state index in [1.54, 1.807) is 6.92 Å². The maximum absolute atomic E-state index is 11.6. The lowest BCUT2D eigenvalue weighted by molar-refractivity contribution is -0.146. The van der Waals surface area contributed by atoms with Gasteiger partial charge >= 0.3 is 5.97 Å². The Labute approximate surface area is 99.8 Å². The van der Waals surface area contributed by atoms with E-state index < -0.39 is 5.97 Å². The van der Waals surface area contributed by atoms with Crippen LogP contribution in [0.4, 0.5) is 0 Å². The molecule has 2 aliphatic heterocycles. The van der Waals surface area contributed by atoms with Gasteiger partial charge in [0.1, 0.15) is 6.42 Å². The number of rotatable bonds is 4. The minimum absolute atomic E-state index is 0.102. The third-order valence-corrected chi connectivity index (χ3v) is 3.96. The zero-order valence-electron chi connectivity index (χ0n) is 9.85. The van der Waals surface area contributed by atoms with Crippen LogP contribution in [0.25, 0.3) is 0 Å². The fourth-order valence-electron chi connectivity index (χ4n) is 3.19. The predicted molar refractivity (Wildman–Crippen MR) is 58.1 cm³/mol. The Morgan fingerprint density at radius 3 is 2.82 bits per heavy atom. The molecule has 5 heteroatoms. The number of ether oxygens (including phenoxy) is 2.